The van der Waals surface area contributed by atoms with Gasteiger partial charge in [0.1, 0.15) is 12.2 Å². The summed E-state index contributed by atoms with van der Waals surface area (Å²) in [6.07, 6.45) is -2.54. The van der Waals surface area contributed by atoms with Crippen LogP contribution in [0.2, 0.25) is 0 Å². The molecule has 0 heterocycles. The Labute approximate surface area is 211 Å². The Morgan fingerprint density at radius 2 is 0.694 bits per heavy atom. The molecule has 0 saturated carbocycles. The van der Waals surface area contributed by atoms with Gasteiger partial charge >= 0.3 is 12.2 Å². The number of carbonyl (C=O) groups excluding carboxylic acids is 2. The molecule has 0 aliphatic heterocycles. The van der Waals surface area contributed by atoms with Crippen molar-refractivity contribution in [1.29, 1.82) is 0 Å². The minimum absolute atomic E-state index is 0.564. The van der Waals surface area contributed by atoms with E-state index in [9.17, 15) is 9.59 Å². The van der Waals surface area contributed by atoms with Crippen molar-refractivity contribution >= 4 is 34.9 Å². The quantitative estimate of drug-likeness (QED) is 0.272. The highest BCUT2D eigenvalue weighted by Gasteiger charge is 2.28. The van der Waals surface area contributed by atoms with Crippen LogP contribution in [-0.4, -0.2) is 24.4 Å². The number of ether oxygens (including phenoxy) is 2. The highest BCUT2D eigenvalue weighted by Crippen LogP contribution is 2.28. The first kappa shape index (κ1) is 24.5. The summed E-state index contributed by atoms with van der Waals surface area (Å²) >= 11 is 0. The molecule has 0 aromatic heterocycles. The van der Waals surface area contributed by atoms with Gasteiger partial charge in [-0.3, -0.25) is 0 Å². The number of anilines is 4. The van der Waals surface area contributed by atoms with Crippen molar-refractivity contribution in [1.82, 2.24) is 0 Å². The van der Waals surface area contributed by atoms with Crippen molar-refractivity contribution in [2.75, 3.05) is 9.80 Å². The average Bonchev–Trinajstić information content (AvgIpc) is 2.91. The number of amides is 2. The number of benzene rings is 4. The molecule has 2 atom stereocenters. The number of para-hydroxylation sites is 4. The van der Waals surface area contributed by atoms with Gasteiger partial charge in [-0.15, -0.1) is 0 Å². The zero-order valence-electron chi connectivity index (χ0n) is 20.2. The Bertz CT molecular complexity index is 1070. The maximum absolute atomic E-state index is 13.3. The third-order valence-corrected chi connectivity index (χ3v) is 5.66. The Hall–Kier alpha value is -4.58. The number of hydrogen-bond acceptors (Lipinski definition) is 4. The van der Waals surface area contributed by atoms with Gasteiger partial charge in [-0.1, -0.05) is 72.8 Å². The van der Waals surface area contributed by atoms with Crippen molar-refractivity contribution in [3.8, 4) is 0 Å². The number of rotatable bonds is 7. The van der Waals surface area contributed by atoms with Crippen molar-refractivity contribution in [3.63, 3.8) is 0 Å². The van der Waals surface area contributed by atoms with E-state index in [1.807, 2.05) is 121 Å². The highest BCUT2D eigenvalue weighted by atomic mass is 16.6. The molecule has 36 heavy (non-hydrogen) atoms. The smallest absolute Gasteiger partial charge is 0.419 e. The third kappa shape index (κ3) is 5.91. The summed E-state index contributed by atoms with van der Waals surface area (Å²) < 4.78 is 11.5. The molecule has 0 saturated heterocycles. The van der Waals surface area contributed by atoms with Gasteiger partial charge in [0.05, 0.1) is 22.7 Å². The normalized spacial score (nSPS) is 12.2. The molecule has 0 radical (unpaired) electrons. The van der Waals surface area contributed by atoms with E-state index in [0.29, 0.717) is 22.7 Å². The van der Waals surface area contributed by atoms with E-state index in [4.69, 9.17) is 9.47 Å². The van der Waals surface area contributed by atoms with Crippen LogP contribution in [0.5, 0.6) is 0 Å². The lowest BCUT2D eigenvalue weighted by atomic mass is 10.2. The Kier molecular flexibility index (Phi) is 7.98. The SMILES string of the molecule is CC(OC(=O)N(c1ccccc1)c1ccccc1)C(C)OC(=O)N(c1ccccc1)c1ccccc1. The van der Waals surface area contributed by atoms with Gasteiger partial charge in [0.2, 0.25) is 0 Å². The van der Waals surface area contributed by atoms with Gasteiger partial charge in [-0.25, -0.2) is 19.4 Å². The summed E-state index contributed by atoms with van der Waals surface area (Å²) in [6, 6.07) is 37.0. The lowest BCUT2D eigenvalue weighted by Gasteiger charge is -2.28. The summed E-state index contributed by atoms with van der Waals surface area (Å²) in [4.78, 5) is 29.5. The van der Waals surface area contributed by atoms with Crippen LogP contribution in [0, 0.1) is 0 Å². The molecular formula is C30H28N2O4. The summed E-state index contributed by atoms with van der Waals surface area (Å²) in [5, 5.41) is 0. The molecule has 4 rings (SSSR count). The summed E-state index contributed by atoms with van der Waals surface area (Å²) in [6.45, 7) is 3.42. The fourth-order valence-corrected chi connectivity index (χ4v) is 3.64. The molecule has 6 heteroatoms. The first-order chi connectivity index (χ1) is 17.5. The molecule has 4 aromatic rings. The van der Waals surface area contributed by atoms with Crippen molar-refractivity contribution < 1.29 is 19.1 Å². The lowest BCUT2D eigenvalue weighted by Crippen LogP contribution is -2.38. The Balaban J connectivity index is 1.49. The van der Waals surface area contributed by atoms with E-state index in [1.54, 1.807) is 13.8 Å². The second-order valence-electron chi connectivity index (χ2n) is 8.19. The van der Waals surface area contributed by atoms with E-state index in [2.05, 4.69) is 0 Å². The molecule has 0 aliphatic carbocycles. The van der Waals surface area contributed by atoms with E-state index in [1.165, 1.54) is 9.80 Å². The summed E-state index contributed by atoms with van der Waals surface area (Å²) in [5.74, 6) is 0. The van der Waals surface area contributed by atoms with Crippen LogP contribution in [0.15, 0.2) is 121 Å². The van der Waals surface area contributed by atoms with E-state index < -0.39 is 24.4 Å². The van der Waals surface area contributed by atoms with E-state index in [-0.39, 0.29) is 0 Å². The minimum Gasteiger partial charge on any atom is -0.442 e. The Morgan fingerprint density at radius 1 is 0.472 bits per heavy atom. The fourth-order valence-electron chi connectivity index (χ4n) is 3.64. The van der Waals surface area contributed by atoms with E-state index in [0.717, 1.165) is 0 Å². The van der Waals surface area contributed by atoms with Gasteiger partial charge in [0.25, 0.3) is 0 Å². The lowest BCUT2D eigenvalue weighted by molar-refractivity contribution is 0.0146. The van der Waals surface area contributed by atoms with Crippen LogP contribution in [-0.2, 0) is 9.47 Å². The highest BCUT2D eigenvalue weighted by molar-refractivity contribution is 5.97. The van der Waals surface area contributed by atoms with Crippen molar-refractivity contribution in [2.24, 2.45) is 0 Å². The van der Waals surface area contributed by atoms with Gasteiger partial charge < -0.3 is 9.47 Å². The zero-order chi connectivity index (χ0) is 25.3. The molecule has 0 N–H and O–H groups in total. The number of hydrogen-bond donors (Lipinski definition) is 0. The fraction of sp³-hybridized carbons (Fsp3) is 0.133. The van der Waals surface area contributed by atoms with Crippen LogP contribution in [0.1, 0.15) is 13.8 Å². The van der Waals surface area contributed by atoms with Crippen molar-refractivity contribution in [3.05, 3.63) is 121 Å². The minimum atomic E-state index is -0.704. The van der Waals surface area contributed by atoms with Gasteiger partial charge in [-0.05, 0) is 62.4 Å². The molecule has 4 aromatic carbocycles. The summed E-state index contributed by atoms with van der Waals surface area (Å²) in [5.41, 5.74) is 2.68. The van der Waals surface area contributed by atoms with Crippen LogP contribution >= 0.6 is 0 Å². The average molecular weight is 481 g/mol. The molecule has 0 spiro atoms. The molecular weight excluding hydrogens is 452 g/mol. The predicted molar refractivity (Wildman–Crippen MR) is 142 cm³/mol. The van der Waals surface area contributed by atoms with Crippen LogP contribution in [0.4, 0.5) is 32.3 Å². The second kappa shape index (κ2) is 11.7. The largest absolute Gasteiger partial charge is 0.442 e. The topological polar surface area (TPSA) is 59.1 Å². The first-order valence-electron chi connectivity index (χ1n) is 11.8. The van der Waals surface area contributed by atoms with E-state index >= 15 is 0 Å². The van der Waals surface area contributed by atoms with Gasteiger partial charge in [0, 0.05) is 0 Å². The first-order valence-corrected chi connectivity index (χ1v) is 11.8. The third-order valence-electron chi connectivity index (χ3n) is 5.66. The molecule has 0 bridgehead atoms. The molecule has 2 amide bonds. The number of carbonyl (C=O) groups is 2. The molecule has 182 valence electrons. The van der Waals surface area contributed by atoms with Crippen LogP contribution in [0.25, 0.3) is 0 Å². The predicted octanol–water partition coefficient (Wildman–Crippen LogP) is 7.71. The van der Waals surface area contributed by atoms with Crippen molar-refractivity contribution in [2.45, 2.75) is 26.1 Å². The molecule has 6 nitrogen and oxygen atoms in total. The standard InChI is InChI=1S/C30H28N2O4/c1-23(35-29(33)31(25-15-7-3-8-16-25)26-17-9-4-10-18-26)24(2)36-30(34)32(27-19-11-5-12-20-27)28-21-13-6-14-22-28/h3-24H,1-2H3. The maximum Gasteiger partial charge on any atom is 0.419 e. The molecule has 2 unspecified atom stereocenters. The molecule has 0 fully saturated rings. The maximum atomic E-state index is 13.3. The second-order valence-corrected chi connectivity index (χ2v) is 8.19. The monoisotopic (exact) mass is 480 g/mol. The van der Waals surface area contributed by atoms with Crippen LogP contribution < -0.4 is 9.80 Å². The van der Waals surface area contributed by atoms with Gasteiger partial charge in [-0.2, -0.15) is 0 Å². The summed E-state index contributed by atoms with van der Waals surface area (Å²) in [7, 11) is 0. The van der Waals surface area contributed by atoms with Crippen LogP contribution in [0.3, 0.4) is 0 Å². The number of nitrogens with zero attached hydrogens (tertiary/aromatic N) is 2. The molecule has 0 aliphatic rings. The zero-order valence-corrected chi connectivity index (χ0v) is 20.2. The van der Waals surface area contributed by atoms with Gasteiger partial charge in [0.15, 0.2) is 0 Å². The Morgan fingerprint density at radius 3 is 0.917 bits per heavy atom.